The SMILES string of the molecule is Cc1nc(CNCCCn2ccnc2)n(C)c1C. The van der Waals surface area contributed by atoms with Crippen LogP contribution in [-0.4, -0.2) is 25.6 Å². The molecule has 0 atom stereocenters. The summed E-state index contributed by atoms with van der Waals surface area (Å²) in [7, 11) is 2.07. The van der Waals surface area contributed by atoms with E-state index >= 15 is 0 Å². The molecule has 0 saturated carbocycles. The second kappa shape index (κ2) is 5.82. The molecule has 0 radical (unpaired) electrons. The predicted molar refractivity (Wildman–Crippen MR) is 71.2 cm³/mol. The number of aromatic nitrogens is 4. The first kappa shape index (κ1) is 12.8. The van der Waals surface area contributed by atoms with E-state index in [0.717, 1.165) is 37.6 Å². The van der Waals surface area contributed by atoms with Crippen LogP contribution in [0.25, 0.3) is 0 Å². The number of nitrogens with zero attached hydrogens (tertiary/aromatic N) is 4. The first-order valence-electron chi connectivity index (χ1n) is 6.33. The van der Waals surface area contributed by atoms with Crippen molar-refractivity contribution < 1.29 is 0 Å². The van der Waals surface area contributed by atoms with Crippen molar-refractivity contribution in [2.45, 2.75) is 33.4 Å². The Morgan fingerprint density at radius 1 is 1.33 bits per heavy atom. The molecular formula is C13H21N5. The summed E-state index contributed by atoms with van der Waals surface area (Å²) < 4.78 is 4.24. The van der Waals surface area contributed by atoms with Gasteiger partial charge in [0, 0.05) is 31.7 Å². The number of imidazole rings is 2. The van der Waals surface area contributed by atoms with Gasteiger partial charge in [0.15, 0.2) is 0 Å². The Morgan fingerprint density at radius 2 is 2.17 bits per heavy atom. The molecule has 0 spiro atoms. The maximum Gasteiger partial charge on any atom is 0.122 e. The lowest BCUT2D eigenvalue weighted by Gasteiger charge is -2.06. The minimum atomic E-state index is 0.828. The van der Waals surface area contributed by atoms with Crippen molar-refractivity contribution in [3.05, 3.63) is 35.9 Å². The molecule has 5 heteroatoms. The second-order valence-corrected chi connectivity index (χ2v) is 4.59. The Hall–Kier alpha value is -1.62. The van der Waals surface area contributed by atoms with Crippen LogP contribution in [0.1, 0.15) is 23.6 Å². The zero-order valence-electron chi connectivity index (χ0n) is 11.3. The van der Waals surface area contributed by atoms with Gasteiger partial charge in [-0.3, -0.25) is 0 Å². The van der Waals surface area contributed by atoms with Gasteiger partial charge in [0.05, 0.1) is 18.6 Å². The third kappa shape index (κ3) is 2.98. The van der Waals surface area contributed by atoms with E-state index in [2.05, 4.69) is 45.3 Å². The van der Waals surface area contributed by atoms with E-state index in [1.165, 1.54) is 5.69 Å². The van der Waals surface area contributed by atoms with E-state index in [1.54, 1.807) is 0 Å². The van der Waals surface area contributed by atoms with Crippen molar-refractivity contribution in [3.63, 3.8) is 0 Å². The van der Waals surface area contributed by atoms with E-state index < -0.39 is 0 Å². The molecule has 0 aliphatic carbocycles. The van der Waals surface area contributed by atoms with Gasteiger partial charge < -0.3 is 14.5 Å². The van der Waals surface area contributed by atoms with Crippen LogP contribution in [0.15, 0.2) is 18.7 Å². The normalized spacial score (nSPS) is 11.1. The molecule has 0 saturated heterocycles. The van der Waals surface area contributed by atoms with Gasteiger partial charge in [-0.2, -0.15) is 0 Å². The summed E-state index contributed by atoms with van der Waals surface area (Å²) in [4.78, 5) is 8.56. The Kier molecular flexibility index (Phi) is 4.15. The summed E-state index contributed by atoms with van der Waals surface area (Å²) in [6, 6.07) is 0. The highest BCUT2D eigenvalue weighted by molar-refractivity contribution is 5.13. The van der Waals surface area contributed by atoms with Gasteiger partial charge in [-0.1, -0.05) is 0 Å². The smallest absolute Gasteiger partial charge is 0.122 e. The fraction of sp³-hybridized carbons (Fsp3) is 0.538. The van der Waals surface area contributed by atoms with Gasteiger partial charge in [-0.15, -0.1) is 0 Å². The van der Waals surface area contributed by atoms with Crippen LogP contribution in [0.2, 0.25) is 0 Å². The summed E-state index contributed by atoms with van der Waals surface area (Å²) in [5, 5.41) is 3.43. The lowest BCUT2D eigenvalue weighted by molar-refractivity contribution is 0.564. The number of rotatable bonds is 6. The van der Waals surface area contributed by atoms with Crippen molar-refractivity contribution in [1.29, 1.82) is 0 Å². The molecular weight excluding hydrogens is 226 g/mol. The summed E-state index contributed by atoms with van der Waals surface area (Å²) in [6.45, 7) is 6.98. The van der Waals surface area contributed by atoms with Gasteiger partial charge in [0.1, 0.15) is 5.82 Å². The zero-order valence-corrected chi connectivity index (χ0v) is 11.3. The largest absolute Gasteiger partial charge is 0.337 e. The predicted octanol–water partition coefficient (Wildman–Crippen LogP) is 1.41. The summed E-state index contributed by atoms with van der Waals surface area (Å²) in [6.07, 6.45) is 6.75. The Bertz CT molecular complexity index is 484. The number of aryl methyl sites for hydroxylation is 2. The van der Waals surface area contributed by atoms with Gasteiger partial charge in [-0.05, 0) is 26.8 Å². The molecule has 2 rings (SSSR count). The molecule has 0 bridgehead atoms. The van der Waals surface area contributed by atoms with Crippen molar-refractivity contribution in [2.24, 2.45) is 7.05 Å². The molecule has 0 aromatic carbocycles. The summed E-state index contributed by atoms with van der Waals surface area (Å²) in [5.74, 6) is 1.10. The lowest BCUT2D eigenvalue weighted by atomic mass is 10.4. The van der Waals surface area contributed by atoms with Crippen molar-refractivity contribution in [3.8, 4) is 0 Å². The fourth-order valence-corrected chi connectivity index (χ4v) is 1.95. The van der Waals surface area contributed by atoms with Crippen LogP contribution in [0.5, 0.6) is 0 Å². The quantitative estimate of drug-likeness (QED) is 0.785. The van der Waals surface area contributed by atoms with Crippen molar-refractivity contribution in [2.75, 3.05) is 6.54 Å². The first-order chi connectivity index (χ1) is 8.68. The molecule has 0 fully saturated rings. The van der Waals surface area contributed by atoms with Crippen molar-refractivity contribution in [1.82, 2.24) is 24.4 Å². The summed E-state index contributed by atoms with van der Waals surface area (Å²) >= 11 is 0. The highest BCUT2D eigenvalue weighted by Crippen LogP contribution is 2.07. The average Bonchev–Trinajstić information content (AvgIpc) is 2.95. The van der Waals surface area contributed by atoms with Crippen LogP contribution in [0.3, 0.4) is 0 Å². The first-order valence-corrected chi connectivity index (χ1v) is 6.33. The van der Waals surface area contributed by atoms with Gasteiger partial charge in [0.2, 0.25) is 0 Å². The molecule has 0 aliphatic rings. The Balaban J connectivity index is 1.70. The molecule has 0 amide bonds. The third-order valence-electron chi connectivity index (χ3n) is 3.32. The van der Waals surface area contributed by atoms with Crippen LogP contribution in [0.4, 0.5) is 0 Å². The maximum atomic E-state index is 4.54. The van der Waals surface area contributed by atoms with Gasteiger partial charge >= 0.3 is 0 Å². The molecule has 98 valence electrons. The molecule has 2 aromatic rings. The van der Waals surface area contributed by atoms with E-state index in [4.69, 9.17) is 0 Å². The van der Waals surface area contributed by atoms with E-state index in [-0.39, 0.29) is 0 Å². The monoisotopic (exact) mass is 247 g/mol. The third-order valence-corrected chi connectivity index (χ3v) is 3.32. The lowest BCUT2D eigenvalue weighted by Crippen LogP contribution is -2.18. The second-order valence-electron chi connectivity index (χ2n) is 4.59. The van der Waals surface area contributed by atoms with Crippen LogP contribution in [0, 0.1) is 13.8 Å². The molecule has 0 aliphatic heterocycles. The number of hydrogen-bond acceptors (Lipinski definition) is 3. The molecule has 2 aromatic heterocycles. The van der Waals surface area contributed by atoms with E-state index in [0.29, 0.717) is 0 Å². The molecule has 1 N–H and O–H groups in total. The van der Waals surface area contributed by atoms with Gasteiger partial charge in [-0.25, -0.2) is 9.97 Å². The number of nitrogens with one attached hydrogen (secondary N) is 1. The number of hydrogen-bond donors (Lipinski definition) is 1. The summed E-state index contributed by atoms with van der Waals surface area (Å²) in [5.41, 5.74) is 2.36. The molecule has 18 heavy (non-hydrogen) atoms. The topological polar surface area (TPSA) is 47.7 Å². The van der Waals surface area contributed by atoms with E-state index in [9.17, 15) is 0 Å². The molecule has 2 heterocycles. The Morgan fingerprint density at radius 3 is 2.78 bits per heavy atom. The maximum absolute atomic E-state index is 4.54. The van der Waals surface area contributed by atoms with Crippen LogP contribution >= 0.6 is 0 Å². The zero-order chi connectivity index (χ0) is 13.0. The van der Waals surface area contributed by atoms with Crippen LogP contribution < -0.4 is 5.32 Å². The van der Waals surface area contributed by atoms with Crippen molar-refractivity contribution >= 4 is 0 Å². The highest BCUT2D eigenvalue weighted by Gasteiger charge is 2.06. The Labute approximate surface area is 108 Å². The molecule has 0 unspecified atom stereocenters. The average molecular weight is 247 g/mol. The minimum absolute atomic E-state index is 0.828. The standard InChI is InChI=1S/C13H21N5/c1-11-12(2)17(3)13(16-11)9-14-5-4-7-18-8-6-15-10-18/h6,8,10,14H,4-5,7,9H2,1-3H3. The van der Waals surface area contributed by atoms with E-state index in [1.807, 2.05) is 18.7 Å². The highest BCUT2D eigenvalue weighted by atomic mass is 15.1. The minimum Gasteiger partial charge on any atom is -0.337 e. The molecule has 5 nitrogen and oxygen atoms in total. The fourth-order valence-electron chi connectivity index (χ4n) is 1.95. The van der Waals surface area contributed by atoms with Crippen LogP contribution in [-0.2, 0) is 20.1 Å². The van der Waals surface area contributed by atoms with Gasteiger partial charge in [0.25, 0.3) is 0 Å².